The van der Waals surface area contributed by atoms with Crippen LogP contribution in [-0.4, -0.2) is 37.0 Å². The number of piperidine rings is 1. The fourth-order valence-corrected chi connectivity index (χ4v) is 6.05. The molecule has 1 aliphatic carbocycles. The van der Waals surface area contributed by atoms with Crippen LogP contribution in [0.5, 0.6) is 0 Å². The van der Waals surface area contributed by atoms with Crippen molar-refractivity contribution in [3.63, 3.8) is 0 Å². The zero-order valence-electron chi connectivity index (χ0n) is 18.9. The molecule has 0 radical (unpaired) electrons. The lowest BCUT2D eigenvalue weighted by Gasteiger charge is -2.44. The number of hydrogen-bond donors (Lipinski definition) is 1. The van der Waals surface area contributed by atoms with E-state index < -0.39 is 11.0 Å². The highest BCUT2D eigenvalue weighted by atomic mass is 35.5. The van der Waals surface area contributed by atoms with E-state index in [9.17, 15) is 8.60 Å². The van der Waals surface area contributed by atoms with Gasteiger partial charge < -0.3 is 4.90 Å². The van der Waals surface area contributed by atoms with E-state index in [1.807, 2.05) is 32.9 Å². The van der Waals surface area contributed by atoms with Crippen LogP contribution in [0.3, 0.4) is 0 Å². The minimum absolute atomic E-state index is 0.0793. The van der Waals surface area contributed by atoms with E-state index in [1.54, 1.807) is 18.3 Å². The molecule has 2 atom stereocenters. The average Bonchev–Trinajstić information content (AvgIpc) is 3.05. The Morgan fingerprint density at radius 1 is 1.18 bits per heavy atom. The number of pyridine rings is 1. The number of anilines is 1. The molecule has 9 heteroatoms. The molecule has 1 unspecified atom stereocenters. The van der Waals surface area contributed by atoms with Crippen molar-refractivity contribution in [1.82, 2.24) is 19.7 Å². The molecule has 1 spiro atoms. The van der Waals surface area contributed by atoms with Gasteiger partial charge in [-0.25, -0.2) is 28.3 Å². The van der Waals surface area contributed by atoms with E-state index in [2.05, 4.69) is 19.6 Å². The van der Waals surface area contributed by atoms with Crippen molar-refractivity contribution in [2.45, 2.75) is 50.8 Å². The molecule has 6 nitrogen and oxygen atoms in total. The number of hydrogen-bond acceptors (Lipinski definition) is 5. The smallest absolute Gasteiger partial charge is 0.179 e. The van der Waals surface area contributed by atoms with Crippen molar-refractivity contribution in [3.8, 4) is 0 Å². The van der Waals surface area contributed by atoms with Gasteiger partial charge in [-0.05, 0) is 80.8 Å². The molecule has 2 aromatic heterocycles. The van der Waals surface area contributed by atoms with Gasteiger partial charge in [0, 0.05) is 13.1 Å². The third-order valence-corrected chi connectivity index (χ3v) is 8.57. The summed E-state index contributed by atoms with van der Waals surface area (Å²) >= 11 is 5.96. The molecule has 33 heavy (non-hydrogen) atoms. The molecule has 0 saturated carbocycles. The standard InChI is InChI=1S/C24H27ClFN5OS/c1-23(2,3)33(32)30-21-17-5-4-16(26)12-15(17)13-24(21)8-10-31(11-9-24)20-14-27-22-18(28-20)6-7-19(25)29-22/h4-7,12,14,21,30H,8-11,13H2,1-3H3/t21-,33?/m1/s1. The first-order chi connectivity index (χ1) is 15.6. The SMILES string of the molecule is CC(C)(C)S(=O)N[C@@H]1c2ccc(F)cc2CC12CCN(c1cnc3nc(Cl)ccc3n1)CC2. The van der Waals surface area contributed by atoms with Gasteiger partial charge in [-0.3, -0.25) is 0 Å². The number of nitrogens with zero attached hydrogens (tertiary/aromatic N) is 4. The molecule has 3 aromatic rings. The molecule has 1 aliphatic heterocycles. The van der Waals surface area contributed by atoms with Crippen molar-refractivity contribution in [3.05, 3.63) is 58.6 Å². The van der Waals surface area contributed by atoms with E-state index in [4.69, 9.17) is 16.6 Å². The van der Waals surface area contributed by atoms with Gasteiger partial charge >= 0.3 is 0 Å². The van der Waals surface area contributed by atoms with Crippen LogP contribution < -0.4 is 9.62 Å². The Morgan fingerprint density at radius 2 is 1.94 bits per heavy atom. The molecule has 174 valence electrons. The van der Waals surface area contributed by atoms with Crippen LogP contribution in [0.4, 0.5) is 10.2 Å². The molecule has 0 bridgehead atoms. The lowest BCUT2D eigenvalue weighted by molar-refractivity contribution is 0.177. The van der Waals surface area contributed by atoms with E-state index in [-0.39, 0.29) is 22.0 Å². The Kier molecular flexibility index (Phi) is 5.66. The maximum atomic E-state index is 14.0. The van der Waals surface area contributed by atoms with Crippen LogP contribution in [0, 0.1) is 11.2 Å². The molecule has 1 aromatic carbocycles. The molecule has 1 fully saturated rings. The average molecular weight is 488 g/mol. The lowest BCUT2D eigenvalue weighted by Crippen LogP contribution is -2.48. The van der Waals surface area contributed by atoms with Crippen molar-refractivity contribution in [2.24, 2.45) is 5.41 Å². The molecule has 1 N–H and O–H groups in total. The summed E-state index contributed by atoms with van der Waals surface area (Å²) in [5, 5.41) is 0.396. The molecule has 0 amide bonds. The third kappa shape index (κ3) is 4.24. The van der Waals surface area contributed by atoms with Gasteiger partial charge in [-0.2, -0.15) is 0 Å². The first-order valence-electron chi connectivity index (χ1n) is 11.2. The van der Waals surface area contributed by atoms with Gasteiger partial charge in [0.15, 0.2) is 5.65 Å². The van der Waals surface area contributed by atoms with Gasteiger partial charge in [0.1, 0.15) is 22.3 Å². The van der Waals surface area contributed by atoms with E-state index >= 15 is 0 Å². The number of halogens is 2. The minimum atomic E-state index is -1.23. The maximum Gasteiger partial charge on any atom is 0.179 e. The summed E-state index contributed by atoms with van der Waals surface area (Å²) < 4.78 is 30.1. The largest absolute Gasteiger partial charge is 0.355 e. The zero-order chi connectivity index (χ0) is 23.4. The molecule has 1 saturated heterocycles. The number of nitrogens with one attached hydrogen (secondary N) is 1. The summed E-state index contributed by atoms with van der Waals surface area (Å²) in [6, 6.07) is 8.47. The Labute approximate surface area is 200 Å². The fraction of sp³-hybridized carbons (Fsp3) is 0.458. The number of benzene rings is 1. The van der Waals surface area contributed by atoms with Crippen LogP contribution in [0.2, 0.25) is 5.15 Å². The molecule has 5 rings (SSSR count). The second kappa shape index (κ2) is 8.25. The van der Waals surface area contributed by atoms with Gasteiger partial charge in [-0.1, -0.05) is 17.7 Å². The number of fused-ring (bicyclic) bond motifs is 2. The first-order valence-corrected chi connectivity index (χ1v) is 12.7. The van der Waals surface area contributed by atoms with Crippen LogP contribution >= 0.6 is 11.6 Å². The highest BCUT2D eigenvalue weighted by Gasteiger charge is 2.49. The topological polar surface area (TPSA) is 71.0 Å². The Morgan fingerprint density at radius 3 is 2.67 bits per heavy atom. The number of aromatic nitrogens is 3. The quantitative estimate of drug-likeness (QED) is 0.540. The summed E-state index contributed by atoms with van der Waals surface area (Å²) in [7, 11) is -1.23. The van der Waals surface area contributed by atoms with Crippen molar-refractivity contribution in [2.75, 3.05) is 18.0 Å². The van der Waals surface area contributed by atoms with E-state index in [0.717, 1.165) is 49.3 Å². The fourth-order valence-electron chi connectivity index (χ4n) is 4.96. The monoisotopic (exact) mass is 487 g/mol. The Bertz CT molecular complexity index is 1240. The van der Waals surface area contributed by atoms with Crippen LogP contribution in [0.15, 0.2) is 36.5 Å². The van der Waals surface area contributed by atoms with Crippen LogP contribution in [-0.2, 0) is 17.4 Å². The van der Waals surface area contributed by atoms with Crippen LogP contribution in [0.25, 0.3) is 11.2 Å². The molecule has 2 aliphatic rings. The Hall–Kier alpha value is -2.16. The summed E-state index contributed by atoms with van der Waals surface area (Å²) in [6.45, 7) is 7.47. The van der Waals surface area contributed by atoms with Crippen molar-refractivity contribution >= 4 is 39.6 Å². The summed E-state index contributed by atoms with van der Waals surface area (Å²) in [6.07, 6.45) is 4.27. The van der Waals surface area contributed by atoms with Gasteiger partial charge in [0.05, 0.1) is 28.0 Å². The predicted molar refractivity (Wildman–Crippen MR) is 130 cm³/mol. The number of rotatable bonds is 3. The lowest BCUT2D eigenvalue weighted by atomic mass is 9.73. The third-order valence-electron chi connectivity index (χ3n) is 6.79. The molecular weight excluding hydrogens is 461 g/mol. The van der Waals surface area contributed by atoms with E-state index in [0.29, 0.717) is 16.3 Å². The normalized spacial score (nSPS) is 20.9. The second-order valence-corrected chi connectivity index (χ2v) is 12.4. The highest BCUT2D eigenvalue weighted by molar-refractivity contribution is 7.84. The molecular formula is C24H27ClFN5OS. The minimum Gasteiger partial charge on any atom is -0.355 e. The summed E-state index contributed by atoms with van der Waals surface area (Å²) in [5.41, 5.74) is 3.20. The van der Waals surface area contributed by atoms with Gasteiger partial charge in [0.25, 0.3) is 0 Å². The first kappa shape index (κ1) is 22.6. The van der Waals surface area contributed by atoms with Gasteiger partial charge in [-0.15, -0.1) is 0 Å². The van der Waals surface area contributed by atoms with Crippen molar-refractivity contribution < 1.29 is 8.60 Å². The second-order valence-electron chi connectivity index (χ2n) is 10.0. The maximum absolute atomic E-state index is 14.0. The summed E-state index contributed by atoms with van der Waals surface area (Å²) in [4.78, 5) is 15.6. The van der Waals surface area contributed by atoms with Crippen LogP contribution in [0.1, 0.15) is 50.8 Å². The summed E-state index contributed by atoms with van der Waals surface area (Å²) in [5.74, 6) is 0.588. The molecule has 3 heterocycles. The zero-order valence-corrected chi connectivity index (χ0v) is 20.5. The van der Waals surface area contributed by atoms with Gasteiger partial charge in [0.2, 0.25) is 0 Å². The van der Waals surface area contributed by atoms with E-state index in [1.165, 1.54) is 6.07 Å². The predicted octanol–water partition coefficient (Wildman–Crippen LogP) is 4.75. The highest BCUT2D eigenvalue weighted by Crippen LogP contribution is 2.52. The van der Waals surface area contributed by atoms with Crippen molar-refractivity contribution in [1.29, 1.82) is 0 Å². The Balaban J connectivity index is 1.40.